The summed E-state index contributed by atoms with van der Waals surface area (Å²) in [4.78, 5) is 28.9. The molecule has 23 heavy (non-hydrogen) atoms. The summed E-state index contributed by atoms with van der Waals surface area (Å²) in [6.45, 7) is 0.591. The highest BCUT2D eigenvalue weighted by molar-refractivity contribution is 5.75. The topological polar surface area (TPSA) is 67.2 Å². The summed E-state index contributed by atoms with van der Waals surface area (Å²) in [6, 6.07) is 10.0. The summed E-state index contributed by atoms with van der Waals surface area (Å²) in [5.41, 5.74) is 2.00. The number of aryl methyl sites for hydroxylation is 1. The van der Waals surface area contributed by atoms with Crippen LogP contribution in [0.3, 0.4) is 0 Å². The second-order valence-electron chi connectivity index (χ2n) is 5.54. The molecule has 1 aromatic carbocycles. The highest BCUT2D eigenvalue weighted by atomic mass is 16.2. The van der Waals surface area contributed by atoms with Crippen molar-refractivity contribution in [1.82, 2.24) is 14.9 Å². The minimum absolute atomic E-state index is 0.00417. The van der Waals surface area contributed by atoms with Crippen molar-refractivity contribution >= 4 is 11.6 Å². The molecule has 6 heteroatoms. The van der Waals surface area contributed by atoms with E-state index in [0.717, 1.165) is 12.8 Å². The molecule has 1 amide bonds. The Morgan fingerprint density at radius 2 is 2.00 bits per heavy atom. The summed E-state index contributed by atoms with van der Waals surface area (Å²) in [6.07, 6.45) is 4.73. The largest absolute Gasteiger partial charge is 0.378 e. The van der Waals surface area contributed by atoms with Crippen LogP contribution in [-0.4, -0.2) is 36.1 Å². The van der Waals surface area contributed by atoms with Gasteiger partial charge in [-0.2, -0.15) is 0 Å². The Bertz CT molecular complexity index is 692. The quantitative estimate of drug-likeness (QED) is 0.776. The number of benzene rings is 1. The molecule has 2 rings (SSSR count). The monoisotopic (exact) mass is 314 g/mol. The third kappa shape index (κ3) is 5.25. The van der Waals surface area contributed by atoms with Gasteiger partial charge >= 0.3 is 5.69 Å². The van der Waals surface area contributed by atoms with Crippen molar-refractivity contribution in [3.05, 3.63) is 58.8 Å². The second kappa shape index (κ2) is 8.12. The van der Waals surface area contributed by atoms with Crippen molar-refractivity contribution in [2.24, 2.45) is 0 Å². The zero-order chi connectivity index (χ0) is 16.7. The molecule has 6 nitrogen and oxygen atoms in total. The molecule has 0 spiro atoms. The molecule has 0 fully saturated rings. The fraction of sp³-hybridized carbons (Fsp3) is 0.353. The molecule has 1 N–H and O–H groups in total. The fourth-order valence-electron chi connectivity index (χ4n) is 2.20. The van der Waals surface area contributed by atoms with Gasteiger partial charge in [-0.15, -0.1) is 0 Å². The fourth-order valence-corrected chi connectivity index (χ4v) is 2.20. The Morgan fingerprint density at radius 1 is 1.26 bits per heavy atom. The highest BCUT2D eigenvalue weighted by Gasteiger charge is 2.04. The van der Waals surface area contributed by atoms with E-state index in [4.69, 9.17) is 0 Å². The molecule has 0 radical (unpaired) electrons. The smallest absolute Gasteiger partial charge is 0.347 e. The van der Waals surface area contributed by atoms with Crippen LogP contribution in [0, 0.1) is 0 Å². The number of aromatic nitrogens is 2. The molecule has 1 aromatic heterocycles. The van der Waals surface area contributed by atoms with Crippen molar-refractivity contribution in [2.45, 2.75) is 19.4 Å². The summed E-state index contributed by atoms with van der Waals surface area (Å²) in [5, 5.41) is 2.82. The first kappa shape index (κ1) is 16.7. The van der Waals surface area contributed by atoms with Gasteiger partial charge in [0.2, 0.25) is 5.91 Å². The van der Waals surface area contributed by atoms with Gasteiger partial charge in [0.1, 0.15) is 6.54 Å². The summed E-state index contributed by atoms with van der Waals surface area (Å²) in [5.74, 6) is -0.178. The van der Waals surface area contributed by atoms with Gasteiger partial charge in [-0.25, -0.2) is 9.78 Å². The first-order chi connectivity index (χ1) is 11.1. The number of rotatable bonds is 7. The van der Waals surface area contributed by atoms with Crippen LogP contribution >= 0.6 is 0 Å². The maximum absolute atomic E-state index is 11.8. The van der Waals surface area contributed by atoms with Crippen molar-refractivity contribution in [2.75, 3.05) is 25.5 Å². The Balaban J connectivity index is 1.71. The summed E-state index contributed by atoms with van der Waals surface area (Å²) >= 11 is 0. The maximum atomic E-state index is 11.8. The molecular formula is C17H22N4O2. The van der Waals surface area contributed by atoms with Gasteiger partial charge in [0, 0.05) is 38.7 Å². The van der Waals surface area contributed by atoms with Crippen LogP contribution in [0.4, 0.5) is 5.69 Å². The van der Waals surface area contributed by atoms with Crippen LogP contribution in [-0.2, 0) is 17.8 Å². The zero-order valence-corrected chi connectivity index (χ0v) is 13.5. The molecule has 0 bridgehead atoms. The lowest BCUT2D eigenvalue weighted by atomic mass is 10.1. The molecule has 0 atom stereocenters. The number of amides is 1. The van der Waals surface area contributed by atoms with Gasteiger partial charge in [0.25, 0.3) is 0 Å². The number of carbonyl (C=O) groups is 1. The van der Waals surface area contributed by atoms with Gasteiger partial charge in [-0.3, -0.25) is 9.36 Å². The number of carbonyl (C=O) groups excluding carboxylic acids is 1. The van der Waals surface area contributed by atoms with E-state index >= 15 is 0 Å². The van der Waals surface area contributed by atoms with Crippen molar-refractivity contribution < 1.29 is 4.79 Å². The lowest BCUT2D eigenvalue weighted by Crippen LogP contribution is -2.33. The first-order valence-corrected chi connectivity index (χ1v) is 7.60. The first-order valence-electron chi connectivity index (χ1n) is 7.60. The SMILES string of the molecule is CN(C)c1ccc(CCCNC(=O)Cn2cccnc2=O)cc1. The normalized spacial score (nSPS) is 10.3. The third-order valence-electron chi connectivity index (χ3n) is 3.51. The Kier molecular flexibility index (Phi) is 5.91. The maximum Gasteiger partial charge on any atom is 0.347 e. The van der Waals surface area contributed by atoms with E-state index in [9.17, 15) is 9.59 Å². The third-order valence-corrected chi connectivity index (χ3v) is 3.51. The van der Waals surface area contributed by atoms with E-state index in [-0.39, 0.29) is 12.5 Å². The molecule has 0 saturated heterocycles. The molecule has 0 unspecified atom stereocenters. The predicted molar refractivity (Wildman–Crippen MR) is 90.6 cm³/mol. The zero-order valence-electron chi connectivity index (χ0n) is 13.5. The average molecular weight is 314 g/mol. The lowest BCUT2D eigenvalue weighted by molar-refractivity contribution is -0.121. The predicted octanol–water partition coefficient (Wildman–Crippen LogP) is 1.06. The number of hydrogen-bond donors (Lipinski definition) is 1. The second-order valence-corrected chi connectivity index (χ2v) is 5.54. The van der Waals surface area contributed by atoms with Gasteiger partial charge in [0.05, 0.1) is 0 Å². The van der Waals surface area contributed by atoms with E-state index in [1.54, 1.807) is 12.3 Å². The van der Waals surface area contributed by atoms with Crippen LogP contribution in [0.25, 0.3) is 0 Å². The van der Waals surface area contributed by atoms with Crippen molar-refractivity contribution in [3.8, 4) is 0 Å². The minimum atomic E-state index is -0.413. The van der Waals surface area contributed by atoms with E-state index in [1.165, 1.54) is 22.0 Å². The highest BCUT2D eigenvalue weighted by Crippen LogP contribution is 2.13. The molecule has 2 aromatic rings. The number of nitrogens with zero attached hydrogens (tertiary/aromatic N) is 3. The number of hydrogen-bond acceptors (Lipinski definition) is 4. The van der Waals surface area contributed by atoms with E-state index < -0.39 is 5.69 Å². The van der Waals surface area contributed by atoms with Gasteiger partial charge in [0.15, 0.2) is 0 Å². The van der Waals surface area contributed by atoms with Crippen LogP contribution in [0.5, 0.6) is 0 Å². The van der Waals surface area contributed by atoms with E-state index in [0.29, 0.717) is 6.54 Å². The number of nitrogens with one attached hydrogen (secondary N) is 1. The Labute approximate surface area is 135 Å². The molecule has 0 aliphatic rings. The van der Waals surface area contributed by atoms with Gasteiger partial charge < -0.3 is 10.2 Å². The summed E-state index contributed by atoms with van der Waals surface area (Å²) in [7, 11) is 4.02. The Morgan fingerprint density at radius 3 is 2.65 bits per heavy atom. The van der Waals surface area contributed by atoms with Crippen molar-refractivity contribution in [1.29, 1.82) is 0 Å². The Hall–Kier alpha value is -2.63. The van der Waals surface area contributed by atoms with Crippen LogP contribution in [0.1, 0.15) is 12.0 Å². The van der Waals surface area contributed by atoms with Crippen LogP contribution in [0.15, 0.2) is 47.5 Å². The minimum Gasteiger partial charge on any atom is -0.378 e. The molecule has 0 saturated carbocycles. The molecule has 0 aliphatic heterocycles. The number of anilines is 1. The van der Waals surface area contributed by atoms with E-state index in [2.05, 4.69) is 39.5 Å². The van der Waals surface area contributed by atoms with Crippen LogP contribution < -0.4 is 15.9 Å². The van der Waals surface area contributed by atoms with Gasteiger partial charge in [-0.1, -0.05) is 12.1 Å². The van der Waals surface area contributed by atoms with E-state index in [1.807, 2.05) is 14.1 Å². The lowest BCUT2D eigenvalue weighted by Gasteiger charge is -2.12. The van der Waals surface area contributed by atoms with Gasteiger partial charge in [-0.05, 0) is 36.6 Å². The average Bonchev–Trinajstić information content (AvgIpc) is 2.54. The molecule has 1 heterocycles. The van der Waals surface area contributed by atoms with Crippen molar-refractivity contribution in [3.63, 3.8) is 0 Å². The molecular weight excluding hydrogens is 292 g/mol. The molecule has 0 aliphatic carbocycles. The summed E-state index contributed by atoms with van der Waals surface area (Å²) < 4.78 is 1.29. The standard InChI is InChI=1S/C17H22N4O2/c1-20(2)15-8-6-14(7-9-15)5-3-10-18-16(22)13-21-12-4-11-19-17(21)23/h4,6-9,11-12H,3,5,10,13H2,1-2H3,(H,18,22). The van der Waals surface area contributed by atoms with Crippen LogP contribution in [0.2, 0.25) is 0 Å². The molecule has 122 valence electrons.